The Hall–Kier alpha value is -2.94. The van der Waals surface area contributed by atoms with E-state index < -0.39 is 10.0 Å². The van der Waals surface area contributed by atoms with Gasteiger partial charge in [0.25, 0.3) is 0 Å². The lowest BCUT2D eigenvalue weighted by Gasteiger charge is -2.04. The number of nitrogens with one attached hydrogen (secondary N) is 2. The Balaban J connectivity index is 1.52. The molecule has 0 unspecified atom stereocenters. The van der Waals surface area contributed by atoms with E-state index in [9.17, 15) is 8.42 Å². The second-order valence-electron chi connectivity index (χ2n) is 5.93. The lowest BCUT2D eigenvalue weighted by molar-refractivity contribution is 0.494. The van der Waals surface area contributed by atoms with Crippen LogP contribution in [0.2, 0.25) is 5.02 Å². The molecule has 0 fully saturated rings. The van der Waals surface area contributed by atoms with Crippen LogP contribution in [-0.4, -0.2) is 23.6 Å². The predicted octanol–water partition coefficient (Wildman–Crippen LogP) is 3.86. The van der Waals surface area contributed by atoms with Crippen molar-refractivity contribution < 1.29 is 12.8 Å². The molecule has 0 spiro atoms. The van der Waals surface area contributed by atoms with Gasteiger partial charge < -0.3 is 9.40 Å². The molecule has 0 atom stereocenters. The number of rotatable bonds is 6. The van der Waals surface area contributed by atoms with Crippen LogP contribution in [0, 0.1) is 0 Å². The third kappa shape index (κ3) is 3.84. The minimum absolute atomic E-state index is 0.105. The molecule has 4 aromatic rings. The fraction of sp³-hybridized carbons (Fsp3) is 0.0526. The molecule has 9 heteroatoms. The van der Waals surface area contributed by atoms with Gasteiger partial charge in [0.2, 0.25) is 21.8 Å². The van der Waals surface area contributed by atoms with Gasteiger partial charge in [0.1, 0.15) is 0 Å². The van der Waals surface area contributed by atoms with Gasteiger partial charge in [0.05, 0.1) is 17.0 Å². The Bertz CT molecular complexity index is 1190. The summed E-state index contributed by atoms with van der Waals surface area (Å²) in [6.45, 7) is -0.122. The van der Waals surface area contributed by atoms with E-state index >= 15 is 0 Å². The summed E-state index contributed by atoms with van der Waals surface area (Å²) in [7, 11) is -3.71. The summed E-state index contributed by atoms with van der Waals surface area (Å²) in [6, 6.07) is 15.6. The monoisotopic (exact) mass is 414 g/mol. The van der Waals surface area contributed by atoms with Crippen LogP contribution in [0.1, 0.15) is 5.89 Å². The SMILES string of the molecule is O=S(=O)(NCc1nnc(-c2c[nH]cc2-c2ccccc2)o1)c1ccc(Cl)cc1. The highest BCUT2D eigenvalue weighted by molar-refractivity contribution is 7.89. The number of sulfonamides is 1. The van der Waals surface area contributed by atoms with Gasteiger partial charge >= 0.3 is 0 Å². The van der Waals surface area contributed by atoms with Gasteiger partial charge in [0, 0.05) is 23.0 Å². The number of hydrogen-bond donors (Lipinski definition) is 2. The molecule has 142 valence electrons. The van der Waals surface area contributed by atoms with Crippen LogP contribution in [0.25, 0.3) is 22.6 Å². The topological polar surface area (TPSA) is 101 Å². The zero-order chi connectivity index (χ0) is 19.6. The molecule has 0 saturated heterocycles. The van der Waals surface area contributed by atoms with E-state index in [0.717, 1.165) is 16.7 Å². The van der Waals surface area contributed by atoms with Crippen LogP contribution < -0.4 is 4.72 Å². The number of benzene rings is 2. The Morgan fingerprint density at radius 3 is 2.43 bits per heavy atom. The molecule has 0 aliphatic rings. The van der Waals surface area contributed by atoms with E-state index in [1.807, 2.05) is 36.5 Å². The maximum Gasteiger partial charge on any atom is 0.249 e. The average Bonchev–Trinajstić information content (AvgIpc) is 3.37. The molecule has 0 bridgehead atoms. The van der Waals surface area contributed by atoms with Crippen LogP contribution in [-0.2, 0) is 16.6 Å². The van der Waals surface area contributed by atoms with E-state index in [1.54, 1.807) is 6.20 Å². The van der Waals surface area contributed by atoms with Crippen LogP contribution in [0.5, 0.6) is 0 Å². The average molecular weight is 415 g/mol. The van der Waals surface area contributed by atoms with E-state index in [-0.39, 0.29) is 17.3 Å². The van der Waals surface area contributed by atoms with Crippen molar-refractivity contribution in [1.29, 1.82) is 0 Å². The van der Waals surface area contributed by atoms with E-state index in [2.05, 4.69) is 19.9 Å². The van der Waals surface area contributed by atoms with Crippen LogP contribution in [0.4, 0.5) is 0 Å². The van der Waals surface area contributed by atoms with Gasteiger partial charge in [-0.15, -0.1) is 10.2 Å². The van der Waals surface area contributed by atoms with Crippen molar-refractivity contribution in [2.45, 2.75) is 11.4 Å². The van der Waals surface area contributed by atoms with Crippen molar-refractivity contribution in [3.63, 3.8) is 0 Å². The summed E-state index contributed by atoms with van der Waals surface area (Å²) in [5.74, 6) is 0.466. The lowest BCUT2D eigenvalue weighted by Crippen LogP contribution is -2.23. The van der Waals surface area contributed by atoms with E-state index in [4.69, 9.17) is 16.0 Å². The molecule has 2 aromatic heterocycles. The van der Waals surface area contributed by atoms with Crippen LogP contribution >= 0.6 is 11.6 Å². The van der Waals surface area contributed by atoms with Gasteiger partial charge in [0.15, 0.2) is 0 Å². The summed E-state index contributed by atoms with van der Waals surface area (Å²) in [4.78, 5) is 3.14. The fourth-order valence-corrected chi connectivity index (χ4v) is 3.79. The van der Waals surface area contributed by atoms with Gasteiger partial charge in [-0.1, -0.05) is 41.9 Å². The van der Waals surface area contributed by atoms with Crippen molar-refractivity contribution in [2.75, 3.05) is 0 Å². The fourth-order valence-electron chi connectivity index (χ4n) is 2.69. The maximum atomic E-state index is 12.3. The molecule has 0 aliphatic heterocycles. The molecule has 2 N–H and O–H groups in total. The highest BCUT2D eigenvalue weighted by atomic mass is 35.5. The molecule has 0 amide bonds. The quantitative estimate of drug-likeness (QED) is 0.498. The first-order valence-electron chi connectivity index (χ1n) is 8.33. The van der Waals surface area contributed by atoms with Gasteiger partial charge in [-0.05, 0) is 29.8 Å². The maximum absolute atomic E-state index is 12.3. The first-order chi connectivity index (χ1) is 13.5. The minimum Gasteiger partial charge on any atom is -0.419 e. The third-order valence-electron chi connectivity index (χ3n) is 4.06. The highest BCUT2D eigenvalue weighted by Gasteiger charge is 2.18. The summed E-state index contributed by atoms with van der Waals surface area (Å²) < 4.78 is 32.8. The van der Waals surface area contributed by atoms with Gasteiger partial charge in [-0.2, -0.15) is 0 Å². The number of aromatic nitrogens is 3. The second kappa shape index (κ2) is 7.59. The molecule has 2 aromatic carbocycles. The molecule has 4 rings (SSSR count). The van der Waals surface area contributed by atoms with Crippen molar-refractivity contribution >= 4 is 21.6 Å². The highest BCUT2D eigenvalue weighted by Crippen LogP contribution is 2.31. The largest absolute Gasteiger partial charge is 0.419 e. The zero-order valence-corrected chi connectivity index (χ0v) is 16.0. The number of nitrogens with zero attached hydrogens (tertiary/aromatic N) is 2. The summed E-state index contributed by atoms with van der Waals surface area (Å²) in [5, 5.41) is 8.44. The van der Waals surface area contributed by atoms with Crippen molar-refractivity contribution in [1.82, 2.24) is 19.9 Å². The predicted molar refractivity (Wildman–Crippen MR) is 105 cm³/mol. The Morgan fingerprint density at radius 1 is 0.964 bits per heavy atom. The zero-order valence-electron chi connectivity index (χ0n) is 14.5. The third-order valence-corrected chi connectivity index (χ3v) is 5.73. The van der Waals surface area contributed by atoms with Crippen LogP contribution in [0.3, 0.4) is 0 Å². The molecular weight excluding hydrogens is 400 g/mol. The first-order valence-corrected chi connectivity index (χ1v) is 10.2. The molecule has 0 saturated carbocycles. The van der Waals surface area contributed by atoms with Crippen molar-refractivity contribution in [3.8, 4) is 22.6 Å². The number of aromatic amines is 1. The summed E-state index contributed by atoms with van der Waals surface area (Å²) in [6.07, 6.45) is 3.61. The molecule has 2 heterocycles. The number of H-pyrrole nitrogens is 1. The summed E-state index contributed by atoms with van der Waals surface area (Å²) in [5.41, 5.74) is 2.66. The Labute approximate surface area is 166 Å². The van der Waals surface area contributed by atoms with Crippen molar-refractivity contribution in [3.05, 3.63) is 77.9 Å². The Kier molecular flexibility index (Phi) is 4.99. The molecular formula is C19H15ClN4O3S. The first kappa shape index (κ1) is 18.4. The molecule has 28 heavy (non-hydrogen) atoms. The summed E-state index contributed by atoms with van der Waals surface area (Å²) >= 11 is 5.79. The lowest BCUT2D eigenvalue weighted by atomic mass is 10.1. The van der Waals surface area contributed by atoms with Crippen LogP contribution in [0.15, 0.2) is 76.3 Å². The standard InChI is InChI=1S/C19H15ClN4O3S/c20-14-6-8-15(9-7-14)28(25,26)22-12-18-23-24-19(27-18)17-11-21-10-16(17)13-4-2-1-3-5-13/h1-11,21-22H,12H2. The molecule has 0 radical (unpaired) electrons. The minimum atomic E-state index is -3.71. The smallest absolute Gasteiger partial charge is 0.249 e. The molecule has 0 aliphatic carbocycles. The number of halogens is 1. The van der Waals surface area contributed by atoms with Gasteiger partial charge in [-0.3, -0.25) is 0 Å². The van der Waals surface area contributed by atoms with E-state index in [0.29, 0.717) is 10.9 Å². The van der Waals surface area contributed by atoms with Gasteiger partial charge in [-0.25, -0.2) is 13.1 Å². The normalized spacial score (nSPS) is 11.6. The number of hydrogen-bond acceptors (Lipinski definition) is 5. The van der Waals surface area contributed by atoms with Crippen molar-refractivity contribution in [2.24, 2.45) is 0 Å². The molecule has 7 nitrogen and oxygen atoms in total. The van der Waals surface area contributed by atoms with E-state index in [1.165, 1.54) is 24.3 Å². The second-order valence-corrected chi connectivity index (χ2v) is 8.13. The Morgan fingerprint density at radius 2 is 1.68 bits per heavy atom.